The largest absolute Gasteiger partial charge is 0.496 e. The molecule has 0 saturated heterocycles. The summed E-state index contributed by atoms with van der Waals surface area (Å²) in [4.78, 5) is 0. The Balaban J connectivity index is 1.88. The van der Waals surface area contributed by atoms with E-state index in [1.54, 1.807) is 14.2 Å². The Hall–Kier alpha value is -1.48. The number of allylic oxidation sites excluding steroid dienone is 1. The molecule has 4 rings (SSSR count). The number of unbranched alkanes of at least 4 members (excludes halogenated alkanes) is 4. The first-order valence-electron chi connectivity index (χ1n) is 11.0. The van der Waals surface area contributed by atoms with Gasteiger partial charge >= 0.3 is 0 Å². The van der Waals surface area contributed by atoms with Gasteiger partial charge in [-0.25, -0.2) is 0 Å². The van der Waals surface area contributed by atoms with Crippen LogP contribution in [0.2, 0.25) is 0 Å². The van der Waals surface area contributed by atoms with E-state index in [0.29, 0.717) is 11.8 Å². The molecule has 0 heterocycles. The summed E-state index contributed by atoms with van der Waals surface area (Å²) in [6.45, 7) is 7.08. The van der Waals surface area contributed by atoms with Gasteiger partial charge in [0.25, 0.3) is 0 Å². The summed E-state index contributed by atoms with van der Waals surface area (Å²) in [6, 6.07) is 4.42. The molecule has 1 aromatic carbocycles. The summed E-state index contributed by atoms with van der Waals surface area (Å²) in [5.74, 6) is 3.18. The van der Waals surface area contributed by atoms with E-state index in [1.807, 2.05) is 0 Å². The number of benzene rings is 1. The molecule has 3 aliphatic rings. The SMILES string of the molecule is CCCCCCCc1cc(OC)c([C@@H]2C=C(CO)C3CC2C3(C)C)c(OC)c1. The van der Waals surface area contributed by atoms with Crippen molar-refractivity contribution in [1.82, 2.24) is 0 Å². The molecule has 2 bridgehead atoms. The van der Waals surface area contributed by atoms with Gasteiger partial charge in [-0.2, -0.15) is 0 Å². The number of ether oxygens (including phenoxy) is 2. The van der Waals surface area contributed by atoms with E-state index in [9.17, 15) is 5.11 Å². The Morgan fingerprint density at radius 2 is 1.68 bits per heavy atom. The smallest absolute Gasteiger partial charge is 0.126 e. The number of fused-ring (bicyclic) bond motifs is 1. The zero-order chi connectivity index (χ0) is 20.3. The second-order valence-corrected chi connectivity index (χ2v) is 9.22. The van der Waals surface area contributed by atoms with Crippen LogP contribution in [0.5, 0.6) is 11.5 Å². The fraction of sp³-hybridized carbons (Fsp3) is 0.680. The van der Waals surface area contributed by atoms with E-state index in [4.69, 9.17) is 9.47 Å². The average Bonchev–Trinajstić information content (AvgIpc) is 2.71. The third-order valence-corrected chi connectivity index (χ3v) is 7.31. The average molecular weight is 387 g/mol. The monoisotopic (exact) mass is 386 g/mol. The fourth-order valence-electron chi connectivity index (χ4n) is 5.51. The van der Waals surface area contributed by atoms with Crippen molar-refractivity contribution in [2.45, 2.75) is 71.6 Å². The molecule has 3 atom stereocenters. The first kappa shape index (κ1) is 21.2. The van der Waals surface area contributed by atoms with Crippen molar-refractivity contribution in [2.24, 2.45) is 17.3 Å². The van der Waals surface area contributed by atoms with Crippen LogP contribution in [0.3, 0.4) is 0 Å². The minimum absolute atomic E-state index is 0.151. The molecular formula is C25H38O3. The van der Waals surface area contributed by atoms with Crippen LogP contribution in [0.25, 0.3) is 0 Å². The maximum absolute atomic E-state index is 9.91. The van der Waals surface area contributed by atoms with Crippen molar-refractivity contribution in [3.05, 3.63) is 34.9 Å². The van der Waals surface area contributed by atoms with E-state index in [-0.39, 0.29) is 17.9 Å². The van der Waals surface area contributed by atoms with Gasteiger partial charge in [0.1, 0.15) is 11.5 Å². The van der Waals surface area contributed by atoms with Gasteiger partial charge in [0, 0.05) is 11.5 Å². The Morgan fingerprint density at radius 3 is 2.21 bits per heavy atom. The van der Waals surface area contributed by atoms with Crippen molar-refractivity contribution in [3.8, 4) is 11.5 Å². The maximum atomic E-state index is 9.91. The predicted molar refractivity (Wildman–Crippen MR) is 115 cm³/mol. The highest BCUT2D eigenvalue weighted by Crippen LogP contribution is 2.64. The highest BCUT2D eigenvalue weighted by atomic mass is 16.5. The minimum atomic E-state index is 0.151. The van der Waals surface area contributed by atoms with E-state index in [1.165, 1.54) is 43.2 Å². The fourth-order valence-corrected chi connectivity index (χ4v) is 5.51. The third kappa shape index (κ3) is 3.83. The molecule has 0 aliphatic heterocycles. The number of rotatable bonds is 10. The van der Waals surface area contributed by atoms with Crippen LogP contribution in [-0.2, 0) is 6.42 Å². The Bertz CT molecular complexity index is 679. The number of aliphatic hydroxyl groups is 1. The number of aryl methyl sites for hydroxylation is 1. The van der Waals surface area contributed by atoms with Crippen molar-refractivity contribution in [1.29, 1.82) is 0 Å². The molecule has 3 heteroatoms. The molecule has 1 fully saturated rings. The maximum Gasteiger partial charge on any atom is 0.126 e. The Labute approximate surface area is 171 Å². The van der Waals surface area contributed by atoms with Crippen LogP contribution in [0.1, 0.15) is 76.3 Å². The van der Waals surface area contributed by atoms with Crippen molar-refractivity contribution >= 4 is 0 Å². The molecule has 0 radical (unpaired) electrons. The van der Waals surface area contributed by atoms with Gasteiger partial charge in [0.2, 0.25) is 0 Å². The van der Waals surface area contributed by atoms with Crippen LogP contribution < -0.4 is 9.47 Å². The summed E-state index contributed by atoms with van der Waals surface area (Å²) in [6.07, 6.45) is 10.9. The van der Waals surface area contributed by atoms with E-state index in [0.717, 1.165) is 29.9 Å². The minimum Gasteiger partial charge on any atom is -0.496 e. The number of aliphatic hydroxyl groups excluding tert-OH is 1. The first-order valence-corrected chi connectivity index (χ1v) is 11.0. The topological polar surface area (TPSA) is 38.7 Å². The van der Waals surface area contributed by atoms with Gasteiger partial charge in [0.05, 0.1) is 20.8 Å². The van der Waals surface area contributed by atoms with Crippen LogP contribution in [0, 0.1) is 17.3 Å². The molecule has 28 heavy (non-hydrogen) atoms. The standard InChI is InChI=1S/C25H38O3/c1-6-7-8-9-10-11-17-12-22(27-4)24(23(13-17)28-5)19-14-18(16-26)20-15-21(19)25(20,2)3/h12-14,19-21,26H,6-11,15-16H2,1-5H3/t19-,20?,21?/m1/s1. The zero-order valence-electron chi connectivity index (χ0n) is 18.4. The second-order valence-electron chi connectivity index (χ2n) is 9.22. The summed E-state index contributed by atoms with van der Waals surface area (Å²) in [5, 5.41) is 9.91. The van der Waals surface area contributed by atoms with Crippen molar-refractivity contribution in [3.63, 3.8) is 0 Å². The molecule has 2 unspecified atom stereocenters. The molecule has 0 spiro atoms. The van der Waals surface area contributed by atoms with Gasteiger partial charge in [-0.15, -0.1) is 0 Å². The lowest BCUT2D eigenvalue weighted by atomic mass is 9.45. The van der Waals surface area contributed by atoms with E-state index in [2.05, 4.69) is 39.0 Å². The van der Waals surface area contributed by atoms with E-state index >= 15 is 0 Å². The van der Waals surface area contributed by atoms with Crippen molar-refractivity contribution < 1.29 is 14.6 Å². The van der Waals surface area contributed by atoms with Crippen molar-refractivity contribution in [2.75, 3.05) is 20.8 Å². The third-order valence-electron chi connectivity index (χ3n) is 7.31. The normalized spacial score (nSPS) is 25.1. The molecule has 0 amide bonds. The van der Waals surface area contributed by atoms with Crippen LogP contribution in [0.4, 0.5) is 0 Å². The zero-order valence-corrected chi connectivity index (χ0v) is 18.4. The molecule has 1 N–H and O–H groups in total. The highest BCUT2D eigenvalue weighted by molar-refractivity contribution is 5.54. The predicted octanol–water partition coefficient (Wildman–Crippen LogP) is 5.89. The molecule has 156 valence electrons. The quantitative estimate of drug-likeness (QED) is 0.402. The lowest BCUT2D eigenvalue weighted by Gasteiger charge is -2.59. The molecule has 3 nitrogen and oxygen atoms in total. The number of methoxy groups -OCH3 is 2. The Morgan fingerprint density at radius 1 is 1.04 bits per heavy atom. The molecular weight excluding hydrogens is 348 g/mol. The van der Waals surface area contributed by atoms with Gasteiger partial charge in [0.15, 0.2) is 0 Å². The summed E-state index contributed by atoms with van der Waals surface area (Å²) < 4.78 is 11.7. The summed E-state index contributed by atoms with van der Waals surface area (Å²) in [7, 11) is 3.52. The van der Waals surface area contributed by atoms with Gasteiger partial charge in [-0.05, 0) is 59.8 Å². The van der Waals surface area contributed by atoms with Crippen LogP contribution in [-0.4, -0.2) is 25.9 Å². The summed E-state index contributed by atoms with van der Waals surface area (Å²) >= 11 is 0. The number of hydrogen-bond acceptors (Lipinski definition) is 3. The molecule has 1 aromatic rings. The first-order chi connectivity index (χ1) is 13.5. The van der Waals surface area contributed by atoms with Crippen LogP contribution >= 0.6 is 0 Å². The lowest BCUT2D eigenvalue weighted by Crippen LogP contribution is -2.51. The summed E-state index contributed by atoms with van der Waals surface area (Å²) in [5.41, 5.74) is 3.84. The second kappa shape index (κ2) is 8.90. The lowest BCUT2D eigenvalue weighted by molar-refractivity contribution is -0.0260. The molecule has 3 aliphatic carbocycles. The Kier molecular flexibility index (Phi) is 6.75. The van der Waals surface area contributed by atoms with Gasteiger partial charge in [-0.1, -0.05) is 52.5 Å². The number of hydrogen-bond donors (Lipinski definition) is 1. The van der Waals surface area contributed by atoms with Gasteiger partial charge < -0.3 is 14.6 Å². The highest BCUT2D eigenvalue weighted by Gasteiger charge is 2.56. The van der Waals surface area contributed by atoms with Crippen LogP contribution in [0.15, 0.2) is 23.8 Å². The molecule has 1 saturated carbocycles. The van der Waals surface area contributed by atoms with Gasteiger partial charge in [-0.3, -0.25) is 0 Å². The molecule has 0 aromatic heterocycles. The van der Waals surface area contributed by atoms with E-state index < -0.39 is 0 Å².